The average Bonchev–Trinajstić information content (AvgIpc) is 2.02. The molecule has 0 atom stereocenters. The molecule has 0 aliphatic carbocycles. The fourth-order valence-electron chi connectivity index (χ4n) is 1.07. The van der Waals surface area contributed by atoms with E-state index in [1.54, 1.807) is 0 Å². The largest absolute Gasteiger partial charge is 0.313 e. The number of hydrogen-bond acceptors (Lipinski definition) is 3. The van der Waals surface area contributed by atoms with E-state index in [0.29, 0.717) is 24.5 Å². The second-order valence-corrected chi connectivity index (χ2v) is 4.07. The number of nitrogens with zero attached hydrogens (tertiary/aromatic N) is 2. The molecule has 3 nitrogen and oxygen atoms in total. The van der Waals surface area contributed by atoms with E-state index in [-0.39, 0.29) is 0 Å². The first-order valence-corrected chi connectivity index (χ1v) is 5.68. The van der Waals surface area contributed by atoms with Crippen LogP contribution < -0.4 is 0 Å². The standard InChI is InChI=1S/C9H19BrN2O/c1-8(2)6-9(3)11-4-5-12(13)7-10/h8,13H,4-7H2,1-3H3/b11-9+. The molecule has 0 amide bonds. The van der Waals surface area contributed by atoms with Gasteiger partial charge in [-0.15, -0.1) is 0 Å². The number of halogens is 1. The second kappa shape index (κ2) is 7.47. The van der Waals surface area contributed by atoms with Crippen LogP contribution in [0.4, 0.5) is 0 Å². The SMILES string of the molecule is C/C(CC(C)C)=N\CCN(O)CBr. The summed E-state index contributed by atoms with van der Waals surface area (Å²) in [4.78, 5) is 4.35. The van der Waals surface area contributed by atoms with Crippen molar-refractivity contribution in [1.29, 1.82) is 0 Å². The van der Waals surface area contributed by atoms with Crippen LogP contribution in [0.15, 0.2) is 4.99 Å². The van der Waals surface area contributed by atoms with Crippen molar-refractivity contribution in [2.24, 2.45) is 10.9 Å². The fourth-order valence-corrected chi connectivity index (χ4v) is 1.32. The van der Waals surface area contributed by atoms with Gasteiger partial charge in [0.05, 0.1) is 12.0 Å². The first-order valence-electron chi connectivity index (χ1n) is 4.56. The Hall–Kier alpha value is 0.0700. The first kappa shape index (κ1) is 13.1. The van der Waals surface area contributed by atoms with Gasteiger partial charge in [-0.05, 0) is 19.3 Å². The molecule has 0 aromatic heterocycles. The second-order valence-electron chi connectivity index (χ2n) is 3.56. The molecule has 0 heterocycles. The van der Waals surface area contributed by atoms with Crippen molar-refractivity contribution in [3.63, 3.8) is 0 Å². The van der Waals surface area contributed by atoms with E-state index in [1.165, 1.54) is 5.06 Å². The van der Waals surface area contributed by atoms with Gasteiger partial charge in [0.2, 0.25) is 0 Å². The molecule has 0 aromatic carbocycles. The lowest BCUT2D eigenvalue weighted by molar-refractivity contribution is -0.0670. The number of rotatable bonds is 6. The van der Waals surface area contributed by atoms with Crippen LogP contribution in [0.2, 0.25) is 0 Å². The molecule has 0 aliphatic heterocycles. The van der Waals surface area contributed by atoms with E-state index in [4.69, 9.17) is 5.21 Å². The van der Waals surface area contributed by atoms with Crippen LogP contribution in [0, 0.1) is 5.92 Å². The third kappa shape index (κ3) is 8.40. The Morgan fingerprint density at radius 2 is 2.15 bits per heavy atom. The molecule has 0 spiro atoms. The first-order chi connectivity index (χ1) is 6.06. The third-order valence-electron chi connectivity index (χ3n) is 1.58. The maximum absolute atomic E-state index is 9.07. The Kier molecular flexibility index (Phi) is 7.51. The molecule has 0 saturated heterocycles. The highest BCUT2D eigenvalue weighted by Gasteiger charge is 1.98. The summed E-state index contributed by atoms with van der Waals surface area (Å²) in [6.07, 6.45) is 1.04. The van der Waals surface area contributed by atoms with Crippen molar-refractivity contribution in [3.8, 4) is 0 Å². The zero-order valence-electron chi connectivity index (χ0n) is 8.63. The van der Waals surface area contributed by atoms with Crippen molar-refractivity contribution in [2.75, 3.05) is 18.5 Å². The van der Waals surface area contributed by atoms with E-state index in [2.05, 4.69) is 34.8 Å². The highest BCUT2D eigenvalue weighted by molar-refractivity contribution is 9.09. The summed E-state index contributed by atoms with van der Waals surface area (Å²) in [6, 6.07) is 0. The lowest BCUT2D eigenvalue weighted by Crippen LogP contribution is -2.20. The topological polar surface area (TPSA) is 35.8 Å². The Balaban J connectivity index is 3.58. The van der Waals surface area contributed by atoms with E-state index < -0.39 is 0 Å². The van der Waals surface area contributed by atoms with Gasteiger partial charge in [0, 0.05) is 12.3 Å². The van der Waals surface area contributed by atoms with Crippen molar-refractivity contribution < 1.29 is 5.21 Å². The third-order valence-corrected chi connectivity index (χ3v) is 2.16. The Morgan fingerprint density at radius 1 is 1.54 bits per heavy atom. The van der Waals surface area contributed by atoms with Gasteiger partial charge in [-0.2, -0.15) is 5.06 Å². The Morgan fingerprint density at radius 3 is 2.62 bits per heavy atom. The zero-order chi connectivity index (χ0) is 10.3. The quantitative estimate of drug-likeness (QED) is 0.341. The van der Waals surface area contributed by atoms with Crippen molar-refractivity contribution in [1.82, 2.24) is 5.06 Å². The van der Waals surface area contributed by atoms with Crippen LogP contribution in [0.3, 0.4) is 0 Å². The molecule has 0 aliphatic rings. The highest BCUT2D eigenvalue weighted by Crippen LogP contribution is 2.01. The Bertz CT molecular complexity index is 160. The van der Waals surface area contributed by atoms with Gasteiger partial charge < -0.3 is 5.21 Å². The van der Waals surface area contributed by atoms with E-state index in [1.807, 2.05) is 6.92 Å². The molecule has 0 aromatic rings. The number of alkyl halides is 1. The number of aliphatic imine (C=N–C) groups is 1. The summed E-state index contributed by atoms with van der Waals surface area (Å²) in [5.74, 6) is 0.658. The predicted octanol–water partition coefficient (Wildman–Crippen LogP) is 2.54. The average molecular weight is 251 g/mol. The van der Waals surface area contributed by atoms with Crippen molar-refractivity contribution in [3.05, 3.63) is 0 Å². The minimum atomic E-state index is 0.478. The van der Waals surface area contributed by atoms with Crippen LogP contribution in [0.1, 0.15) is 27.2 Å². The minimum absolute atomic E-state index is 0.478. The van der Waals surface area contributed by atoms with Gasteiger partial charge >= 0.3 is 0 Å². The summed E-state index contributed by atoms with van der Waals surface area (Å²) in [6.45, 7) is 7.64. The van der Waals surface area contributed by atoms with Gasteiger partial charge in [-0.3, -0.25) is 4.99 Å². The maximum Gasteiger partial charge on any atom is 0.0792 e. The van der Waals surface area contributed by atoms with Gasteiger partial charge in [0.1, 0.15) is 0 Å². The molecular formula is C9H19BrN2O. The van der Waals surface area contributed by atoms with Gasteiger partial charge in [-0.25, -0.2) is 0 Å². The van der Waals surface area contributed by atoms with Gasteiger partial charge in [0.15, 0.2) is 0 Å². The van der Waals surface area contributed by atoms with Crippen LogP contribution in [-0.2, 0) is 0 Å². The fraction of sp³-hybridized carbons (Fsp3) is 0.889. The summed E-state index contributed by atoms with van der Waals surface area (Å²) < 4.78 is 0. The summed E-state index contributed by atoms with van der Waals surface area (Å²) >= 11 is 3.15. The molecule has 1 N–H and O–H groups in total. The number of hydroxylamine groups is 2. The smallest absolute Gasteiger partial charge is 0.0792 e. The van der Waals surface area contributed by atoms with E-state index >= 15 is 0 Å². The van der Waals surface area contributed by atoms with Crippen molar-refractivity contribution in [2.45, 2.75) is 27.2 Å². The lowest BCUT2D eigenvalue weighted by atomic mass is 10.1. The molecule has 0 rings (SSSR count). The molecular weight excluding hydrogens is 232 g/mol. The van der Waals surface area contributed by atoms with Crippen LogP contribution in [0.5, 0.6) is 0 Å². The van der Waals surface area contributed by atoms with Crippen LogP contribution in [0.25, 0.3) is 0 Å². The molecule has 78 valence electrons. The zero-order valence-corrected chi connectivity index (χ0v) is 10.2. The molecule has 0 saturated carbocycles. The highest BCUT2D eigenvalue weighted by atomic mass is 79.9. The molecule has 0 fully saturated rings. The molecule has 13 heavy (non-hydrogen) atoms. The molecule has 0 bridgehead atoms. The van der Waals surface area contributed by atoms with Gasteiger partial charge in [0.25, 0.3) is 0 Å². The van der Waals surface area contributed by atoms with Crippen LogP contribution in [-0.4, -0.2) is 34.5 Å². The number of hydrogen-bond donors (Lipinski definition) is 1. The lowest BCUT2D eigenvalue weighted by Gasteiger charge is -2.09. The minimum Gasteiger partial charge on any atom is -0.313 e. The Labute approximate surface area is 88.9 Å². The van der Waals surface area contributed by atoms with E-state index in [9.17, 15) is 0 Å². The van der Waals surface area contributed by atoms with Crippen molar-refractivity contribution >= 4 is 21.6 Å². The maximum atomic E-state index is 9.07. The monoisotopic (exact) mass is 250 g/mol. The molecule has 4 heteroatoms. The summed E-state index contributed by atoms with van der Waals surface area (Å²) in [7, 11) is 0. The normalized spacial score (nSPS) is 13.0. The summed E-state index contributed by atoms with van der Waals surface area (Å²) in [5, 5.41) is 10.3. The summed E-state index contributed by atoms with van der Waals surface area (Å²) in [5.41, 5.74) is 1.64. The molecule has 0 unspecified atom stereocenters. The van der Waals surface area contributed by atoms with Crippen LogP contribution >= 0.6 is 15.9 Å². The van der Waals surface area contributed by atoms with E-state index in [0.717, 1.165) is 12.1 Å². The van der Waals surface area contributed by atoms with Gasteiger partial charge in [-0.1, -0.05) is 29.8 Å². The predicted molar refractivity (Wildman–Crippen MR) is 59.7 cm³/mol. The molecule has 0 radical (unpaired) electrons.